The highest BCUT2D eigenvalue weighted by atomic mass is 32.2. The Morgan fingerprint density at radius 2 is 1.78 bits per heavy atom. The molecule has 3 aliphatic heterocycles. The van der Waals surface area contributed by atoms with Gasteiger partial charge in [-0.05, 0) is 75.1 Å². The Labute approximate surface area is 249 Å². The molecule has 8 nitrogen and oxygen atoms in total. The Bertz CT molecular complexity index is 1150. The van der Waals surface area contributed by atoms with Gasteiger partial charge in [-0.3, -0.25) is 14.4 Å². The quantitative estimate of drug-likeness (QED) is 0.366. The van der Waals surface area contributed by atoms with Crippen molar-refractivity contribution in [2.45, 2.75) is 103 Å². The van der Waals surface area contributed by atoms with E-state index in [1.807, 2.05) is 46.8 Å². The van der Waals surface area contributed by atoms with E-state index in [-0.39, 0.29) is 46.8 Å². The van der Waals surface area contributed by atoms with Gasteiger partial charge in [0.15, 0.2) is 0 Å². The van der Waals surface area contributed by atoms with E-state index in [4.69, 9.17) is 4.74 Å². The fourth-order valence-electron chi connectivity index (χ4n) is 7.83. The predicted molar refractivity (Wildman–Crippen MR) is 164 cm³/mol. The minimum atomic E-state index is -0.771. The number of ether oxygens (including phenoxy) is 1. The summed E-state index contributed by atoms with van der Waals surface area (Å²) in [6.07, 6.45) is 1.51. The summed E-state index contributed by atoms with van der Waals surface area (Å²) < 4.78 is 4.78. The van der Waals surface area contributed by atoms with E-state index in [0.717, 1.165) is 18.6 Å². The van der Waals surface area contributed by atoms with Gasteiger partial charge in [-0.2, -0.15) is 0 Å². The Balaban J connectivity index is 1.70. The van der Waals surface area contributed by atoms with Crippen molar-refractivity contribution < 1.29 is 24.2 Å². The monoisotopic (exact) mass is 587 g/mol. The van der Waals surface area contributed by atoms with Gasteiger partial charge < -0.3 is 25.4 Å². The zero-order valence-corrected chi connectivity index (χ0v) is 26.9. The van der Waals surface area contributed by atoms with Crippen molar-refractivity contribution in [1.29, 1.82) is 0 Å². The number of nitrogens with zero attached hydrogens (tertiary/aromatic N) is 1. The van der Waals surface area contributed by atoms with Crippen LogP contribution in [-0.4, -0.2) is 68.6 Å². The van der Waals surface area contributed by atoms with Crippen molar-refractivity contribution in [3.63, 3.8) is 0 Å². The number of thioether (sulfide) groups is 1. The largest absolute Gasteiger partial charge is 0.494 e. The van der Waals surface area contributed by atoms with Crippen LogP contribution in [0.15, 0.2) is 24.3 Å². The van der Waals surface area contributed by atoms with Crippen molar-refractivity contribution in [2.75, 3.05) is 18.5 Å². The number of hydrogen-bond donors (Lipinski definition) is 3. The average Bonchev–Trinajstić information content (AvgIpc) is 3.43. The number of carbonyl (C=O) groups excluding carboxylic acids is 3. The number of fused-ring (bicyclic) bond motifs is 1. The molecule has 3 saturated heterocycles. The highest BCUT2D eigenvalue weighted by Crippen LogP contribution is 2.69. The molecular formula is C32H49N3O5S. The van der Waals surface area contributed by atoms with Gasteiger partial charge in [0.05, 0.1) is 35.8 Å². The summed E-state index contributed by atoms with van der Waals surface area (Å²) in [6.45, 7) is 18.7. The molecule has 9 heteroatoms. The zero-order valence-electron chi connectivity index (χ0n) is 26.1. The Hall–Kier alpha value is -2.26. The first-order chi connectivity index (χ1) is 19.1. The molecule has 3 aliphatic rings. The van der Waals surface area contributed by atoms with E-state index in [1.54, 1.807) is 28.8 Å². The molecule has 228 valence electrons. The number of carbonyl (C=O) groups is 3. The minimum absolute atomic E-state index is 0.00768. The highest BCUT2D eigenvalue weighted by molar-refractivity contribution is 8.02. The van der Waals surface area contributed by atoms with E-state index >= 15 is 0 Å². The molecule has 1 spiro atoms. The maximum atomic E-state index is 14.4. The second kappa shape index (κ2) is 11.4. The number of aliphatic hydroxyl groups excluding tert-OH is 1. The summed E-state index contributed by atoms with van der Waals surface area (Å²) in [5.74, 6) is -1.07. The Kier molecular flexibility index (Phi) is 8.83. The second-order valence-electron chi connectivity index (χ2n) is 14.3. The first kappa shape index (κ1) is 31.7. The molecular weight excluding hydrogens is 538 g/mol. The average molecular weight is 588 g/mol. The molecule has 3 N–H and O–H groups in total. The molecule has 0 aliphatic carbocycles. The van der Waals surface area contributed by atoms with Crippen molar-refractivity contribution in [3.05, 3.63) is 24.3 Å². The third-order valence-corrected chi connectivity index (χ3v) is 11.0. The number of benzene rings is 1. The van der Waals surface area contributed by atoms with Crippen LogP contribution < -0.4 is 15.4 Å². The topological polar surface area (TPSA) is 108 Å². The molecule has 2 bridgehead atoms. The van der Waals surface area contributed by atoms with Crippen molar-refractivity contribution in [1.82, 2.24) is 10.2 Å². The molecule has 0 radical (unpaired) electrons. The number of hydrogen-bond acceptors (Lipinski definition) is 6. The lowest BCUT2D eigenvalue weighted by Crippen LogP contribution is -2.62. The van der Waals surface area contributed by atoms with Crippen LogP contribution in [0.4, 0.5) is 5.69 Å². The second-order valence-corrected chi connectivity index (χ2v) is 15.9. The zero-order chi connectivity index (χ0) is 30.5. The predicted octanol–water partition coefficient (Wildman–Crippen LogP) is 4.71. The smallest absolute Gasteiger partial charge is 0.244 e. The molecule has 1 aromatic carbocycles. The van der Waals surface area contributed by atoms with Crippen LogP contribution in [0.5, 0.6) is 5.75 Å². The normalized spacial score (nSPS) is 30.0. The van der Waals surface area contributed by atoms with E-state index in [1.165, 1.54) is 0 Å². The molecule has 41 heavy (non-hydrogen) atoms. The molecule has 3 amide bonds. The fourth-order valence-corrected chi connectivity index (χ4v) is 10.2. The third kappa shape index (κ3) is 5.85. The van der Waals surface area contributed by atoms with Crippen LogP contribution in [0.2, 0.25) is 0 Å². The van der Waals surface area contributed by atoms with Crippen molar-refractivity contribution in [2.24, 2.45) is 29.1 Å². The number of amides is 3. The number of nitrogens with one attached hydrogen (secondary N) is 2. The Morgan fingerprint density at radius 3 is 2.32 bits per heavy atom. The van der Waals surface area contributed by atoms with E-state index < -0.39 is 34.2 Å². The fraction of sp³-hybridized carbons (Fsp3) is 0.719. The number of rotatable bonds is 10. The SMILES string of the molecule is CCOc1ccc(NC(=O)[C@@H]2[C@H]3C(=O)N([C@@H](CO)C(C)C)C(C(=O)NC(C)(C)CC(C)(C)C)C34S[C@@H]2CC4C)cc1. The third-order valence-electron chi connectivity index (χ3n) is 8.92. The molecule has 0 aromatic heterocycles. The van der Waals surface area contributed by atoms with Crippen LogP contribution in [0.1, 0.15) is 75.2 Å². The number of likely N-dealkylation sites (tertiary alicyclic amines) is 1. The molecule has 3 heterocycles. The maximum absolute atomic E-state index is 14.4. The van der Waals surface area contributed by atoms with Crippen LogP contribution in [0, 0.1) is 29.1 Å². The number of aliphatic hydroxyl groups is 1. The van der Waals surface area contributed by atoms with Gasteiger partial charge in [-0.1, -0.05) is 41.5 Å². The standard InChI is InChI=1S/C32H49N3O5S/c1-10-40-21-13-11-20(12-14-21)33-27(37)24-23-15-19(4)32(41-23)25(24)29(39)35(22(16-36)18(2)3)26(32)28(38)34-31(8,9)17-30(5,6)7/h11-14,18-19,22-26,36H,10,15-17H2,1-9H3,(H,33,37)(H,34,38)/t19?,22-,23+,24-,25-,26?,32?/m0/s1. The maximum Gasteiger partial charge on any atom is 0.244 e. The Morgan fingerprint density at radius 1 is 1.15 bits per heavy atom. The van der Waals surface area contributed by atoms with Gasteiger partial charge in [0.2, 0.25) is 17.7 Å². The molecule has 3 unspecified atom stereocenters. The highest BCUT2D eigenvalue weighted by Gasteiger charge is 2.76. The van der Waals surface area contributed by atoms with Gasteiger partial charge in [0.1, 0.15) is 11.8 Å². The first-order valence-electron chi connectivity index (χ1n) is 15.0. The summed E-state index contributed by atoms with van der Waals surface area (Å²) in [5, 5.41) is 16.7. The van der Waals surface area contributed by atoms with Crippen LogP contribution in [-0.2, 0) is 14.4 Å². The number of anilines is 1. The van der Waals surface area contributed by atoms with Crippen molar-refractivity contribution >= 4 is 35.2 Å². The van der Waals surface area contributed by atoms with Crippen LogP contribution >= 0.6 is 11.8 Å². The molecule has 1 aromatic rings. The van der Waals surface area contributed by atoms with Gasteiger partial charge in [0.25, 0.3) is 0 Å². The van der Waals surface area contributed by atoms with E-state index in [2.05, 4.69) is 38.3 Å². The molecule has 4 rings (SSSR count). The summed E-state index contributed by atoms with van der Waals surface area (Å²) in [7, 11) is 0. The van der Waals surface area contributed by atoms with Crippen molar-refractivity contribution in [3.8, 4) is 5.75 Å². The van der Waals surface area contributed by atoms with Gasteiger partial charge >= 0.3 is 0 Å². The van der Waals surface area contributed by atoms with E-state index in [9.17, 15) is 19.5 Å². The molecule has 0 saturated carbocycles. The van der Waals surface area contributed by atoms with Gasteiger partial charge in [0, 0.05) is 16.5 Å². The summed E-state index contributed by atoms with van der Waals surface area (Å²) in [5.41, 5.74) is 0.135. The van der Waals surface area contributed by atoms with E-state index in [0.29, 0.717) is 12.3 Å². The summed E-state index contributed by atoms with van der Waals surface area (Å²) in [4.78, 5) is 44.3. The lowest BCUT2D eigenvalue weighted by Gasteiger charge is -2.43. The summed E-state index contributed by atoms with van der Waals surface area (Å²) in [6, 6.07) is 5.94. The van der Waals surface area contributed by atoms with Gasteiger partial charge in [-0.15, -0.1) is 11.8 Å². The lowest BCUT2D eigenvalue weighted by atomic mass is 9.65. The molecule has 3 fully saturated rings. The van der Waals surface area contributed by atoms with Crippen LogP contribution in [0.3, 0.4) is 0 Å². The minimum Gasteiger partial charge on any atom is -0.494 e. The van der Waals surface area contributed by atoms with Crippen LogP contribution in [0.25, 0.3) is 0 Å². The lowest BCUT2D eigenvalue weighted by molar-refractivity contribution is -0.143. The summed E-state index contributed by atoms with van der Waals surface area (Å²) >= 11 is 1.65. The molecule has 7 atom stereocenters. The first-order valence-corrected chi connectivity index (χ1v) is 15.9. The van der Waals surface area contributed by atoms with Gasteiger partial charge in [-0.25, -0.2) is 0 Å².